The summed E-state index contributed by atoms with van der Waals surface area (Å²) in [4.78, 5) is 13.7. The molecule has 0 aromatic rings. The highest BCUT2D eigenvalue weighted by Gasteiger charge is 2.09. The summed E-state index contributed by atoms with van der Waals surface area (Å²) in [7, 11) is 0. The first-order valence-corrected chi connectivity index (χ1v) is 7.87. The van der Waals surface area contributed by atoms with Gasteiger partial charge in [0.2, 0.25) is 0 Å². The van der Waals surface area contributed by atoms with Crippen LogP contribution in [0.4, 0.5) is 0 Å². The van der Waals surface area contributed by atoms with Crippen LogP contribution in [0.15, 0.2) is 0 Å². The predicted octanol–water partition coefficient (Wildman–Crippen LogP) is 3.72. The average Bonchev–Trinajstić information content (AvgIpc) is 2.35. The van der Waals surface area contributed by atoms with Crippen molar-refractivity contribution in [3.8, 4) is 0 Å². The number of carbonyl (C=O) groups excluding carboxylic acids is 1. The summed E-state index contributed by atoms with van der Waals surface area (Å²) in [6, 6.07) is 0. The SMILES string of the molecule is CCN(CC)CC(=O)OCC[C@H](C)CCCC(C)C. The maximum absolute atomic E-state index is 11.6. The van der Waals surface area contributed by atoms with Crippen LogP contribution in [0, 0.1) is 11.8 Å². The fourth-order valence-electron chi connectivity index (χ4n) is 2.07. The minimum atomic E-state index is -0.0851. The number of carbonyl (C=O) groups is 1. The van der Waals surface area contributed by atoms with E-state index < -0.39 is 0 Å². The zero-order valence-electron chi connectivity index (χ0n) is 13.6. The lowest BCUT2D eigenvalue weighted by Crippen LogP contribution is -2.30. The minimum Gasteiger partial charge on any atom is -0.465 e. The standard InChI is InChI=1S/C16H33NO2/c1-6-17(7-2)13-16(18)19-12-11-15(5)10-8-9-14(3)4/h14-15H,6-13H2,1-5H3/t15-/m1/s1. The van der Waals surface area contributed by atoms with Gasteiger partial charge in [0.05, 0.1) is 13.2 Å². The Labute approximate surface area is 119 Å². The topological polar surface area (TPSA) is 29.5 Å². The molecule has 0 aliphatic carbocycles. The smallest absolute Gasteiger partial charge is 0.320 e. The van der Waals surface area contributed by atoms with Gasteiger partial charge < -0.3 is 4.74 Å². The molecule has 0 amide bonds. The minimum absolute atomic E-state index is 0.0851. The first-order valence-electron chi connectivity index (χ1n) is 7.87. The molecule has 3 nitrogen and oxygen atoms in total. The number of rotatable bonds is 11. The Hall–Kier alpha value is -0.570. The number of likely N-dealkylation sites (N-methyl/N-ethyl adjacent to an activating group) is 1. The molecule has 0 fully saturated rings. The fraction of sp³-hybridized carbons (Fsp3) is 0.938. The van der Waals surface area contributed by atoms with E-state index in [2.05, 4.69) is 39.5 Å². The van der Waals surface area contributed by atoms with E-state index in [-0.39, 0.29) is 5.97 Å². The normalized spacial score (nSPS) is 13.0. The summed E-state index contributed by atoms with van der Waals surface area (Å²) in [5.74, 6) is 1.36. The van der Waals surface area contributed by atoms with Gasteiger partial charge >= 0.3 is 5.97 Å². The highest BCUT2D eigenvalue weighted by molar-refractivity contribution is 5.71. The molecule has 3 heteroatoms. The maximum Gasteiger partial charge on any atom is 0.320 e. The number of esters is 1. The highest BCUT2D eigenvalue weighted by Crippen LogP contribution is 2.15. The van der Waals surface area contributed by atoms with Crippen molar-refractivity contribution in [1.82, 2.24) is 4.90 Å². The van der Waals surface area contributed by atoms with Crippen LogP contribution >= 0.6 is 0 Å². The zero-order chi connectivity index (χ0) is 14.7. The molecule has 0 N–H and O–H groups in total. The Balaban J connectivity index is 3.58. The van der Waals surface area contributed by atoms with Crippen molar-refractivity contribution >= 4 is 5.97 Å². The van der Waals surface area contributed by atoms with Crippen molar-refractivity contribution < 1.29 is 9.53 Å². The molecule has 0 heterocycles. The van der Waals surface area contributed by atoms with Crippen LogP contribution < -0.4 is 0 Å². The van der Waals surface area contributed by atoms with Crippen LogP contribution in [-0.2, 0) is 9.53 Å². The van der Waals surface area contributed by atoms with Gasteiger partial charge in [-0.2, -0.15) is 0 Å². The summed E-state index contributed by atoms with van der Waals surface area (Å²) in [5.41, 5.74) is 0. The molecule has 0 aromatic heterocycles. The second-order valence-electron chi connectivity index (χ2n) is 5.90. The highest BCUT2D eigenvalue weighted by atomic mass is 16.5. The lowest BCUT2D eigenvalue weighted by molar-refractivity contribution is -0.145. The van der Waals surface area contributed by atoms with Gasteiger partial charge in [-0.1, -0.05) is 53.9 Å². The summed E-state index contributed by atoms with van der Waals surface area (Å²) >= 11 is 0. The number of nitrogens with zero attached hydrogens (tertiary/aromatic N) is 1. The monoisotopic (exact) mass is 271 g/mol. The van der Waals surface area contributed by atoms with E-state index in [0.29, 0.717) is 19.1 Å². The van der Waals surface area contributed by atoms with Gasteiger partial charge in [-0.3, -0.25) is 9.69 Å². The van der Waals surface area contributed by atoms with Gasteiger partial charge in [0.15, 0.2) is 0 Å². The van der Waals surface area contributed by atoms with Crippen LogP contribution in [0.3, 0.4) is 0 Å². The number of hydrogen-bond acceptors (Lipinski definition) is 3. The van der Waals surface area contributed by atoms with Crippen molar-refractivity contribution in [3.05, 3.63) is 0 Å². The second kappa shape index (κ2) is 11.3. The molecule has 19 heavy (non-hydrogen) atoms. The lowest BCUT2D eigenvalue weighted by atomic mass is 9.98. The summed E-state index contributed by atoms with van der Waals surface area (Å²) < 4.78 is 5.29. The summed E-state index contributed by atoms with van der Waals surface area (Å²) in [5, 5.41) is 0. The van der Waals surface area contributed by atoms with E-state index in [9.17, 15) is 4.79 Å². The van der Waals surface area contributed by atoms with Crippen molar-refractivity contribution in [2.24, 2.45) is 11.8 Å². The molecule has 1 atom stereocenters. The molecule has 0 radical (unpaired) electrons. The largest absolute Gasteiger partial charge is 0.465 e. The number of hydrogen-bond donors (Lipinski definition) is 0. The number of ether oxygens (including phenoxy) is 1. The van der Waals surface area contributed by atoms with Gasteiger partial charge in [0.25, 0.3) is 0 Å². The predicted molar refractivity (Wildman–Crippen MR) is 81.2 cm³/mol. The maximum atomic E-state index is 11.6. The first kappa shape index (κ1) is 18.4. The molecular weight excluding hydrogens is 238 g/mol. The van der Waals surface area contributed by atoms with Crippen LogP contribution in [0.25, 0.3) is 0 Å². The van der Waals surface area contributed by atoms with Crippen molar-refractivity contribution in [3.63, 3.8) is 0 Å². The van der Waals surface area contributed by atoms with Gasteiger partial charge in [-0.15, -0.1) is 0 Å². The molecular formula is C16H33NO2. The molecule has 0 aromatic carbocycles. The van der Waals surface area contributed by atoms with Gasteiger partial charge in [-0.05, 0) is 31.3 Å². The first-order chi connectivity index (χ1) is 8.99. The van der Waals surface area contributed by atoms with E-state index in [1.54, 1.807) is 0 Å². The molecule has 0 aliphatic heterocycles. The van der Waals surface area contributed by atoms with E-state index >= 15 is 0 Å². The van der Waals surface area contributed by atoms with Crippen LogP contribution in [0.2, 0.25) is 0 Å². The second-order valence-corrected chi connectivity index (χ2v) is 5.90. The Morgan fingerprint density at radius 2 is 1.68 bits per heavy atom. The third-order valence-corrected chi connectivity index (χ3v) is 3.60. The Kier molecular flexibility index (Phi) is 10.9. The van der Waals surface area contributed by atoms with Crippen LogP contribution in [0.5, 0.6) is 0 Å². The third-order valence-electron chi connectivity index (χ3n) is 3.60. The molecule has 0 saturated carbocycles. The molecule has 0 rings (SSSR count). The van der Waals surface area contributed by atoms with Crippen LogP contribution in [0.1, 0.15) is 60.3 Å². The van der Waals surface area contributed by atoms with E-state index in [4.69, 9.17) is 4.74 Å². The lowest BCUT2D eigenvalue weighted by Gasteiger charge is -2.17. The van der Waals surface area contributed by atoms with Crippen molar-refractivity contribution in [2.45, 2.75) is 60.3 Å². The van der Waals surface area contributed by atoms with Crippen molar-refractivity contribution in [1.29, 1.82) is 0 Å². The molecule has 114 valence electrons. The molecule has 0 spiro atoms. The molecule has 0 saturated heterocycles. The quantitative estimate of drug-likeness (QED) is 0.536. The van der Waals surface area contributed by atoms with Gasteiger partial charge in [0, 0.05) is 0 Å². The molecule has 0 unspecified atom stereocenters. The van der Waals surface area contributed by atoms with Gasteiger partial charge in [-0.25, -0.2) is 0 Å². The van der Waals surface area contributed by atoms with E-state index in [1.807, 2.05) is 0 Å². The van der Waals surface area contributed by atoms with E-state index in [1.165, 1.54) is 19.3 Å². The third kappa shape index (κ3) is 11.0. The average molecular weight is 271 g/mol. The summed E-state index contributed by atoms with van der Waals surface area (Å²) in [6.45, 7) is 13.7. The Bertz CT molecular complexity index is 225. The Morgan fingerprint density at radius 1 is 1.05 bits per heavy atom. The van der Waals surface area contributed by atoms with Crippen LogP contribution in [-0.4, -0.2) is 37.1 Å². The zero-order valence-corrected chi connectivity index (χ0v) is 13.6. The van der Waals surface area contributed by atoms with Crippen molar-refractivity contribution in [2.75, 3.05) is 26.2 Å². The fourth-order valence-corrected chi connectivity index (χ4v) is 2.07. The van der Waals surface area contributed by atoms with E-state index in [0.717, 1.165) is 25.4 Å². The van der Waals surface area contributed by atoms with Gasteiger partial charge in [0.1, 0.15) is 0 Å². The Morgan fingerprint density at radius 3 is 2.21 bits per heavy atom. The molecule has 0 bridgehead atoms. The molecule has 0 aliphatic rings. The summed E-state index contributed by atoms with van der Waals surface area (Å²) in [6.07, 6.45) is 4.81.